The summed E-state index contributed by atoms with van der Waals surface area (Å²) in [4.78, 5) is 179. The van der Waals surface area contributed by atoms with Crippen molar-refractivity contribution in [1.29, 1.82) is 0 Å². The highest BCUT2D eigenvalue weighted by Gasteiger charge is 2.38. The van der Waals surface area contributed by atoms with E-state index in [0.717, 1.165) is 30.5 Å². The first-order valence-electron chi connectivity index (χ1n) is 37.7. The lowest BCUT2D eigenvalue weighted by molar-refractivity contribution is -0.140. The highest BCUT2D eigenvalue weighted by atomic mass is 16.5. The van der Waals surface area contributed by atoms with Crippen LogP contribution in [0.1, 0.15) is 174 Å². The van der Waals surface area contributed by atoms with Gasteiger partial charge in [-0.15, -0.1) is 10.2 Å². The molecule has 1 aliphatic heterocycles. The molecular weight excluding hydrogens is 1410 g/mol. The van der Waals surface area contributed by atoms with Crippen molar-refractivity contribution in [2.45, 2.75) is 217 Å². The third kappa shape index (κ3) is 35.2. The van der Waals surface area contributed by atoms with Crippen LogP contribution in [0.25, 0.3) is 16.9 Å². The van der Waals surface area contributed by atoms with Crippen LogP contribution in [0.3, 0.4) is 0 Å². The minimum Gasteiger partial charge on any atom is -0.370 e. The quantitative estimate of drug-likeness (QED) is 0.00856. The van der Waals surface area contributed by atoms with Gasteiger partial charge >= 0.3 is 0 Å². The van der Waals surface area contributed by atoms with Gasteiger partial charge in [0.1, 0.15) is 35.9 Å². The number of aliphatic imine (C=N–C) groups is 1. The second-order valence-corrected chi connectivity index (χ2v) is 27.3. The number of benzene rings is 1. The van der Waals surface area contributed by atoms with Crippen molar-refractivity contribution in [3.05, 3.63) is 42.4 Å². The van der Waals surface area contributed by atoms with Crippen molar-refractivity contribution < 1.29 is 67.5 Å². The number of ketones is 1. The maximum Gasteiger partial charge on any atom is 0.243 e. The molecule has 0 unspecified atom stereocenters. The summed E-state index contributed by atoms with van der Waals surface area (Å²) in [5.74, 6) is -10.2. The number of nitrogens with zero attached hydrogens (tertiary/aromatic N) is 8. The summed E-state index contributed by atoms with van der Waals surface area (Å²) in [6, 6.07) is 0.262. The lowest BCUT2D eigenvalue weighted by Crippen LogP contribution is -2.59. The third-order valence-corrected chi connectivity index (χ3v) is 18.1. The Kier molecular flexibility index (Phi) is 42.9. The molecule has 39 nitrogen and oxygen atoms in total. The predicted molar refractivity (Wildman–Crippen MR) is 401 cm³/mol. The van der Waals surface area contributed by atoms with Crippen molar-refractivity contribution >= 4 is 82.6 Å². The molecule has 0 saturated carbocycles. The van der Waals surface area contributed by atoms with Crippen LogP contribution in [0.15, 0.2) is 41.7 Å². The molecule has 4 rings (SSSR count). The number of nitrogens with one attached hydrogen (secondary N) is 10. The smallest absolute Gasteiger partial charge is 0.243 e. The Balaban J connectivity index is 1.36. The zero-order valence-electron chi connectivity index (χ0n) is 62.9. The fourth-order valence-corrected chi connectivity index (χ4v) is 12.0. The Morgan fingerprint density at radius 2 is 1.09 bits per heavy atom. The number of aromatic nitrogens is 6. The first-order chi connectivity index (χ1) is 52.3. The van der Waals surface area contributed by atoms with Gasteiger partial charge in [-0.1, -0.05) is 55.7 Å². The first-order valence-corrected chi connectivity index (χ1v) is 37.7. The van der Waals surface area contributed by atoms with E-state index < -0.39 is 151 Å². The number of guanidine groups is 1. The number of aryl methyl sites for hydroxylation is 2. The van der Waals surface area contributed by atoms with Crippen molar-refractivity contribution in [2.24, 2.45) is 57.0 Å². The molecule has 606 valence electrons. The Morgan fingerprint density at radius 1 is 0.541 bits per heavy atom. The van der Waals surface area contributed by atoms with Gasteiger partial charge in [-0.25, -0.2) is 10.2 Å². The molecule has 0 aliphatic carbocycles. The maximum atomic E-state index is 14.6. The zero-order valence-corrected chi connectivity index (χ0v) is 62.9. The summed E-state index contributed by atoms with van der Waals surface area (Å²) in [5.41, 5.74) is 44.2. The van der Waals surface area contributed by atoms with E-state index in [4.69, 9.17) is 45.3 Å². The average molecular weight is 1530 g/mol. The lowest BCUT2D eigenvalue weighted by Gasteiger charge is -2.28. The number of unbranched alkanes of at least 4 members (excludes halogenated alkanes) is 7. The van der Waals surface area contributed by atoms with Gasteiger partial charge < -0.3 is 92.9 Å². The number of primary amides is 1. The molecular formula is C70H117N25O14. The summed E-state index contributed by atoms with van der Waals surface area (Å²) < 4.78 is 3.39. The molecule has 0 bridgehead atoms. The molecule has 39 heteroatoms. The third-order valence-electron chi connectivity index (χ3n) is 18.1. The van der Waals surface area contributed by atoms with E-state index in [9.17, 15) is 62.3 Å². The van der Waals surface area contributed by atoms with Gasteiger partial charge in [0.25, 0.3) is 0 Å². The molecule has 109 heavy (non-hydrogen) atoms. The number of Topliss-reactive ketones (excluding diaryl/α,β-unsaturated/α-hetero) is 1. The predicted octanol–water partition coefficient (Wildman–Crippen LogP) is -3.53. The summed E-state index contributed by atoms with van der Waals surface area (Å²) in [6.07, 6.45) is 12.2. The number of hydrogen-bond acceptors (Lipinski definition) is 23. The first kappa shape index (κ1) is 91.3. The Bertz CT molecular complexity index is 3420. The number of rotatable bonds is 56. The molecule has 2 aromatic heterocycles. The average Bonchev–Trinajstić information content (AvgIpc) is 1.71. The van der Waals surface area contributed by atoms with E-state index in [0.29, 0.717) is 95.0 Å². The SMILES string of the molecule is CC(C)[C@H](NC(=O)[C@H](CCCCN)NC(=O)[C@H](CCCN=C(N)N)NC(=O)[C@H](CCCCN)NC(=O)[C@H](CCCCN)CC(=O)[C@H](CCCCN)NC(=O)[C@@H]1CCCN1C(=O)CNC(=O)CNC(=O)CCCc1cn(-c2ccc(-c3cn(CCCCCCC(=O)NO)nn3)cc2)nn1)C(=O)NCC(=O)NCC(N)=O. The molecule has 12 amide bonds. The van der Waals surface area contributed by atoms with Gasteiger partial charge in [0.2, 0.25) is 70.9 Å². The Labute approximate surface area is 634 Å². The molecule has 1 aliphatic rings. The highest BCUT2D eigenvalue weighted by Crippen LogP contribution is 2.23. The number of likely N-dealkylation sites (tertiary alicyclic amines) is 1. The van der Waals surface area contributed by atoms with Crippen molar-refractivity contribution in [3.8, 4) is 16.9 Å². The van der Waals surface area contributed by atoms with Crippen LogP contribution in [0.4, 0.5) is 0 Å². The second-order valence-electron chi connectivity index (χ2n) is 27.3. The van der Waals surface area contributed by atoms with E-state index in [1.807, 2.05) is 30.5 Å². The van der Waals surface area contributed by atoms with Gasteiger partial charge in [-0.2, -0.15) is 0 Å². The molecule has 25 N–H and O–H groups in total. The van der Waals surface area contributed by atoms with Crippen molar-refractivity contribution in [1.82, 2.24) is 88.2 Å². The van der Waals surface area contributed by atoms with E-state index in [2.05, 4.69) is 73.5 Å². The summed E-state index contributed by atoms with van der Waals surface area (Å²) in [7, 11) is 0. The Hall–Kier alpha value is -10.1. The minimum absolute atomic E-state index is 0.0366. The van der Waals surface area contributed by atoms with Crippen LogP contribution in [-0.4, -0.2) is 224 Å². The molecule has 1 fully saturated rings. The number of hydroxylamine groups is 1. The molecule has 0 radical (unpaired) electrons. The van der Waals surface area contributed by atoms with Gasteiger partial charge in [-0.05, 0) is 166 Å². The van der Waals surface area contributed by atoms with Crippen LogP contribution in [0, 0.1) is 11.8 Å². The van der Waals surface area contributed by atoms with E-state index in [1.165, 1.54) is 4.90 Å². The Morgan fingerprint density at radius 3 is 1.69 bits per heavy atom. The summed E-state index contributed by atoms with van der Waals surface area (Å²) >= 11 is 0. The molecule has 0 spiro atoms. The van der Waals surface area contributed by atoms with Crippen molar-refractivity contribution in [3.63, 3.8) is 0 Å². The van der Waals surface area contributed by atoms with Crippen molar-refractivity contribution in [2.75, 3.05) is 65.4 Å². The topological polar surface area (TPSA) is 622 Å². The van der Waals surface area contributed by atoms with Crippen LogP contribution in [0.5, 0.6) is 0 Å². The van der Waals surface area contributed by atoms with Gasteiger partial charge in [0.05, 0.1) is 56.0 Å². The van der Waals surface area contributed by atoms with Gasteiger partial charge in [0, 0.05) is 50.4 Å². The number of nitrogens with two attached hydrogens (primary N) is 7. The van der Waals surface area contributed by atoms with E-state index >= 15 is 0 Å². The van der Waals surface area contributed by atoms with Crippen LogP contribution in [0.2, 0.25) is 0 Å². The fourth-order valence-electron chi connectivity index (χ4n) is 12.0. The van der Waals surface area contributed by atoms with Gasteiger partial charge in [0.15, 0.2) is 11.7 Å². The van der Waals surface area contributed by atoms with E-state index in [-0.39, 0.29) is 109 Å². The molecule has 1 aromatic carbocycles. The van der Waals surface area contributed by atoms with Crippen LogP contribution >= 0.6 is 0 Å². The lowest BCUT2D eigenvalue weighted by atomic mass is 9.90. The number of hydrogen-bond donors (Lipinski definition) is 18. The maximum absolute atomic E-state index is 14.6. The number of amides is 12. The molecule has 3 heterocycles. The molecule has 1 saturated heterocycles. The zero-order chi connectivity index (χ0) is 80.0. The standard InChI is InChI=1S/C70H117N25O14/c1-45(2)63(69(108)82-41-61(101)79-39-57(75)97)87-67(106)52(22-9-13-34-74)85-66(105)53(23-16-35-78-70(76)77)86-65(104)51(21-8-12-33-73)84-64(103)47(18-6-10-31-71)38-56(96)50(20-7-11-32-72)83-68(107)55-24-17-37-94(55)62(102)42-81-60(100)40-80-58(98)26-15-19-48-43-95(92-88-48)49-29-27-46(28-30-49)54-44-93(91-89-54)36-14-4-3-5-25-59(99)90-109/h27-30,43-45,47,50-53,55,63,109H,3-26,31-42,71-74H2,1-2H3,(H2,75,97)(H,79,101)(H,80,98)(H,81,100)(H,82,108)(H,83,107)(H,84,103)(H,85,105)(H,86,104)(H,87,106)(H,90,99)(H4,76,77,78)/t47-,50+,51+,52+,53+,55+,63+/m1/s1. The highest BCUT2D eigenvalue weighted by molar-refractivity contribution is 5.98. The number of carbonyl (C=O) groups excluding carboxylic acids is 13. The summed E-state index contributed by atoms with van der Waals surface area (Å²) in [5, 5.41) is 49.2. The monoisotopic (exact) mass is 1530 g/mol. The van der Waals surface area contributed by atoms with E-state index in [1.54, 1.807) is 34.9 Å². The largest absolute Gasteiger partial charge is 0.370 e. The number of carbonyl (C=O) groups is 13. The molecule has 7 atom stereocenters. The van der Waals surface area contributed by atoms with Gasteiger partial charge in [-0.3, -0.25) is 77.2 Å². The minimum atomic E-state index is -1.36. The fraction of sp³-hybridized carbons (Fsp3) is 0.657. The van der Waals surface area contributed by atoms with Crippen LogP contribution in [-0.2, 0) is 75.3 Å². The molecule has 3 aromatic rings. The van der Waals surface area contributed by atoms with Crippen LogP contribution < -0.4 is 93.5 Å². The summed E-state index contributed by atoms with van der Waals surface area (Å²) in [6.45, 7) is 3.32. The second kappa shape index (κ2) is 51.3. The normalized spacial score (nSPS) is 14.2.